The zero-order valence-corrected chi connectivity index (χ0v) is 15.8. The molecule has 0 unspecified atom stereocenters. The van der Waals surface area contributed by atoms with Gasteiger partial charge >= 0.3 is 5.97 Å². The Kier molecular flexibility index (Phi) is 17.5. The molecule has 4 nitrogen and oxygen atoms in total. The number of carboxylic acid groups (broad SMARTS) is 1. The predicted octanol–water partition coefficient (Wildman–Crippen LogP) is 5.45. The third-order valence-corrected chi connectivity index (χ3v) is 4.40. The van der Waals surface area contributed by atoms with Crippen molar-refractivity contribution in [3.63, 3.8) is 0 Å². The lowest BCUT2D eigenvalue weighted by Gasteiger charge is -2.01. The molecule has 0 aliphatic carbocycles. The van der Waals surface area contributed by atoms with Crippen LogP contribution < -0.4 is 5.32 Å². The van der Waals surface area contributed by atoms with Crippen molar-refractivity contribution in [1.82, 2.24) is 5.32 Å². The lowest BCUT2D eigenvalue weighted by atomic mass is 10.1. The number of hydrogen-bond acceptors (Lipinski definition) is 2. The van der Waals surface area contributed by atoms with Crippen LogP contribution in [0.1, 0.15) is 110 Å². The van der Waals surface area contributed by atoms with Crippen molar-refractivity contribution in [1.29, 1.82) is 0 Å². The van der Waals surface area contributed by atoms with E-state index in [4.69, 9.17) is 5.11 Å². The maximum absolute atomic E-state index is 10.6. The van der Waals surface area contributed by atoms with E-state index in [-0.39, 0.29) is 5.91 Å². The fourth-order valence-electron chi connectivity index (χ4n) is 2.84. The zero-order chi connectivity index (χ0) is 17.9. The average molecular weight is 342 g/mol. The summed E-state index contributed by atoms with van der Waals surface area (Å²) < 4.78 is 0. The Morgan fingerprint density at radius 2 is 1.42 bits per heavy atom. The van der Waals surface area contributed by atoms with Gasteiger partial charge in [0.25, 0.3) is 0 Å². The second-order valence-electron chi connectivity index (χ2n) is 6.84. The molecule has 142 valence electrons. The SMILES string of the molecule is CCCCCCCCCCCCCC(=O)O.O=C1CCCCCN1. The fourth-order valence-corrected chi connectivity index (χ4v) is 2.84. The van der Waals surface area contributed by atoms with Gasteiger partial charge in [-0.1, -0.05) is 77.6 Å². The van der Waals surface area contributed by atoms with Gasteiger partial charge in [-0.3, -0.25) is 9.59 Å². The van der Waals surface area contributed by atoms with Crippen molar-refractivity contribution in [2.75, 3.05) is 6.54 Å². The van der Waals surface area contributed by atoms with Gasteiger partial charge in [0.2, 0.25) is 5.91 Å². The zero-order valence-electron chi connectivity index (χ0n) is 15.8. The summed E-state index contributed by atoms with van der Waals surface area (Å²) in [5.74, 6) is -0.432. The Balaban J connectivity index is 0.000000546. The third-order valence-electron chi connectivity index (χ3n) is 4.40. The van der Waals surface area contributed by atoms with Crippen LogP contribution in [0, 0.1) is 0 Å². The summed E-state index contributed by atoms with van der Waals surface area (Å²) >= 11 is 0. The Bertz CT molecular complexity index is 295. The first-order chi connectivity index (χ1) is 11.7. The normalized spacial score (nSPS) is 14.3. The van der Waals surface area contributed by atoms with Gasteiger partial charge in [0.15, 0.2) is 0 Å². The van der Waals surface area contributed by atoms with Crippen LogP contribution in [0.15, 0.2) is 0 Å². The number of carbonyl (C=O) groups is 2. The molecule has 1 saturated heterocycles. The summed E-state index contributed by atoms with van der Waals surface area (Å²) in [6.45, 7) is 3.13. The Morgan fingerprint density at radius 3 is 1.96 bits per heavy atom. The van der Waals surface area contributed by atoms with Crippen molar-refractivity contribution in [3.8, 4) is 0 Å². The van der Waals surface area contributed by atoms with Crippen LogP contribution in [-0.2, 0) is 9.59 Å². The summed E-state index contributed by atoms with van der Waals surface area (Å²) in [4.78, 5) is 20.8. The van der Waals surface area contributed by atoms with Gasteiger partial charge in [0.05, 0.1) is 0 Å². The number of nitrogens with one attached hydrogen (secondary N) is 1. The van der Waals surface area contributed by atoms with Crippen LogP contribution >= 0.6 is 0 Å². The van der Waals surface area contributed by atoms with E-state index >= 15 is 0 Å². The highest BCUT2D eigenvalue weighted by Gasteiger charge is 2.03. The first-order valence-corrected chi connectivity index (χ1v) is 10.1. The standard InChI is InChI=1S/C14H28O2.C6H11NO/c1-2-3-4-5-6-7-8-9-10-11-12-13-14(15)16;8-6-4-2-1-3-5-7-6/h2-13H2,1H3,(H,15,16);1-5H2,(H,7,8). The van der Waals surface area contributed by atoms with Gasteiger partial charge < -0.3 is 10.4 Å². The maximum atomic E-state index is 10.6. The van der Waals surface area contributed by atoms with E-state index in [0.717, 1.165) is 38.6 Å². The molecular formula is C20H39NO3. The second kappa shape index (κ2) is 18.3. The smallest absolute Gasteiger partial charge is 0.303 e. The van der Waals surface area contributed by atoms with Gasteiger partial charge in [-0.05, 0) is 19.3 Å². The number of amides is 1. The highest BCUT2D eigenvalue weighted by atomic mass is 16.4. The number of carboxylic acids is 1. The minimum Gasteiger partial charge on any atom is -0.481 e. The molecule has 1 amide bonds. The number of carbonyl (C=O) groups excluding carboxylic acids is 1. The summed E-state index contributed by atoms with van der Waals surface area (Å²) in [6, 6.07) is 0. The molecule has 4 heteroatoms. The predicted molar refractivity (Wildman–Crippen MR) is 100 cm³/mol. The summed E-state index contributed by atoms with van der Waals surface area (Å²) in [5.41, 5.74) is 0. The molecule has 0 saturated carbocycles. The molecule has 1 aliphatic heterocycles. The lowest BCUT2D eigenvalue weighted by molar-refractivity contribution is -0.137. The summed E-state index contributed by atoms with van der Waals surface area (Å²) in [6.07, 6.45) is 18.5. The van der Waals surface area contributed by atoms with E-state index in [0.29, 0.717) is 6.42 Å². The monoisotopic (exact) mass is 341 g/mol. The molecule has 0 atom stereocenters. The lowest BCUT2D eigenvalue weighted by Crippen LogP contribution is -2.21. The van der Waals surface area contributed by atoms with Crippen LogP contribution in [0.5, 0.6) is 0 Å². The largest absolute Gasteiger partial charge is 0.481 e. The molecule has 1 heterocycles. The van der Waals surface area contributed by atoms with Crippen LogP contribution in [0.4, 0.5) is 0 Å². The van der Waals surface area contributed by atoms with Crippen molar-refractivity contribution in [2.45, 2.75) is 110 Å². The molecule has 2 N–H and O–H groups in total. The fraction of sp³-hybridized carbons (Fsp3) is 0.900. The molecule has 0 spiro atoms. The minimum absolute atomic E-state index is 0.225. The molecule has 0 aromatic heterocycles. The van der Waals surface area contributed by atoms with Gasteiger partial charge in [0.1, 0.15) is 0 Å². The maximum Gasteiger partial charge on any atom is 0.303 e. The van der Waals surface area contributed by atoms with Crippen LogP contribution in [-0.4, -0.2) is 23.5 Å². The van der Waals surface area contributed by atoms with E-state index in [9.17, 15) is 9.59 Å². The van der Waals surface area contributed by atoms with Gasteiger partial charge in [-0.25, -0.2) is 0 Å². The Hall–Kier alpha value is -1.06. The molecule has 1 aliphatic rings. The van der Waals surface area contributed by atoms with Gasteiger partial charge in [-0.2, -0.15) is 0 Å². The highest BCUT2D eigenvalue weighted by Crippen LogP contribution is 2.11. The second-order valence-corrected chi connectivity index (χ2v) is 6.84. The Labute approximate surface area is 148 Å². The van der Waals surface area contributed by atoms with E-state index < -0.39 is 5.97 Å². The quantitative estimate of drug-likeness (QED) is 0.464. The molecule has 1 fully saturated rings. The summed E-state index contributed by atoms with van der Waals surface area (Å²) in [5, 5.41) is 11.3. The molecule has 0 bridgehead atoms. The first-order valence-electron chi connectivity index (χ1n) is 10.1. The van der Waals surface area contributed by atoms with E-state index in [1.165, 1.54) is 64.2 Å². The van der Waals surface area contributed by atoms with E-state index in [2.05, 4.69) is 12.2 Å². The number of rotatable bonds is 12. The number of unbranched alkanes of at least 4 members (excludes halogenated alkanes) is 10. The first kappa shape index (κ1) is 22.9. The third kappa shape index (κ3) is 19.0. The van der Waals surface area contributed by atoms with Crippen LogP contribution in [0.25, 0.3) is 0 Å². The van der Waals surface area contributed by atoms with E-state index in [1.54, 1.807) is 0 Å². The van der Waals surface area contributed by atoms with Crippen LogP contribution in [0.2, 0.25) is 0 Å². The van der Waals surface area contributed by atoms with Crippen molar-refractivity contribution >= 4 is 11.9 Å². The number of aliphatic carboxylic acids is 1. The average Bonchev–Trinajstić information content (AvgIpc) is 2.80. The molecular weight excluding hydrogens is 302 g/mol. The Morgan fingerprint density at radius 1 is 0.875 bits per heavy atom. The molecule has 0 aromatic rings. The van der Waals surface area contributed by atoms with Crippen molar-refractivity contribution in [3.05, 3.63) is 0 Å². The minimum atomic E-state index is -0.657. The topological polar surface area (TPSA) is 66.4 Å². The molecule has 0 aromatic carbocycles. The van der Waals surface area contributed by atoms with Gasteiger partial charge in [0, 0.05) is 19.4 Å². The molecule has 1 rings (SSSR count). The van der Waals surface area contributed by atoms with Gasteiger partial charge in [-0.15, -0.1) is 0 Å². The summed E-state index contributed by atoms with van der Waals surface area (Å²) in [7, 11) is 0. The molecule has 24 heavy (non-hydrogen) atoms. The number of hydrogen-bond donors (Lipinski definition) is 2. The van der Waals surface area contributed by atoms with E-state index in [1.807, 2.05) is 0 Å². The highest BCUT2D eigenvalue weighted by molar-refractivity contribution is 5.75. The molecule has 0 radical (unpaired) electrons. The van der Waals surface area contributed by atoms with Crippen molar-refractivity contribution in [2.24, 2.45) is 0 Å². The van der Waals surface area contributed by atoms with Crippen LogP contribution in [0.3, 0.4) is 0 Å². The van der Waals surface area contributed by atoms with Crippen molar-refractivity contribution < 1.29 is 14.7 Å².